The van der Waals surface area contributed by atoms with Gasteiger partial charge in [0.05, 0.1) is 0 Å². The smallest absolute Gasteiger partial charge is 0.361 e. The van der Waals surface area contributed by atoms with Crippen molar-refractivity contribution < 1.29 is 9.90 Å². The summed E-state index contributed by atoms with van der Waals surface area (Å²) in [5.41, 5.74) is 17.9. The Morgan fingerprint density at radius 1 is 1.08 bits per heavy atom. The third-order valence-electron chi connectivity index (χ3n) is 0. The maximum atomic E-state index is 8.86. The topological polar surface area (TPSA) is 189 Å². The Kier molecular flexibility index (Phi) is 16.9. The van der Waals surface area contributed by atoms with Crippen LogP contribution in [0.2, 0.25) is 0 Å². The van der Waals surface area contributed by atoms with Crippen LogP contribution in [0.1, 0.15) is 0 Å². The third kappa shape index (κ3) is 168. The highest BCUT2D eigenvalue weighted by Crippen LogP contribution is 1.66. The van der Waals surface area contributed by atoms with Gasteiger partial charge in [0.25, 0.3) is 0 Å². The molecule has 0 rings (SSSR count). The summed E-state index contributed by atoms with van der Waals surface area (Å²) >= 11 is 2.88. The number of carbonyl (C=O) groups is 1. The van der Waals surface area contributed by atoms with E-state index in [-0.39, 0.29) is 11.9 Å². The van der Waals surface area contributed by atoms with Crippen LogP contribution in [-0.2, 0) is 0 Å². The van der Waals surface area contributed by atoms with Crippen molar-refractivity contribution >= 4 is 29.8 Å². The van der Waals surface area contributed by atoms with Gasteiger partial charge in [-0.05, 0) is 0 Å². The lowest BCUT2D eigenvalue weighted by Crippen LogP contribution is -2.20. The maximum Gasteiger partial charge on any atom is 0.361 e. The molecule has 0 spiro atoms. The molecule has 8 nitrogen and oxygen atoms in total. The maximum absolute atomic E-state index is 8.86. The summed E-state index contributed by atoms with van der Waals surface area (Å²) in [5, 5.41) is 18.3. The predicted molar refractivity (Wildman–Crippen MR) is 49.2 cm³/mol. The van der Waals surface area contributed by atoms with E-state index in [1.54, 1.807) is 0 Å². The van der Waals surface area contributed by atoms with Crippen LogP contribution < -0.4 is 22.9 Å². The average molecular weight is 196 g/mol. The van der Waals surface area contributed by atoms with E-state index in [4.69, 9.17) is 20.7 Å². The van der Waals surface area contributed by atoms with Gasteiger partial charge in [0.15, 0.2) is 11.9 Å². The van der Waals surface area contributed by atoms with Gasteiger partial charge in [0, 0.05) is 0 Å². The highest BCUT2D eigenvalue weighted by molar-refractivity contribution is 7.96. The second-order valence-electron chi connectivity index (χ2n) is 1.19. The van der Waals surface area contributed by atoms with E-state index in [1.807, 2.05) is 0 Å². The van der Waals surface area contributed by atoms with Gasteiger partial charge in [-0.1, -0.05) is 12.6 Å². The first-order chi connectivity index (χ1) is 5.20. The van der Waals surface area contributed by atoms with Crippen LogP contribution in [0.4, 0.5) is 4.79 Å². The zero-order chi connectivity index (χ0) is 10.7. The molecule has 0 heterocycles. The molecule has 0 aliphatic heterocycles. The lowest BCUT2D eigenvalue weighted by atomic mass is 11.1. The molecule has 0 atom stereocenters. The predicted octanol–water partition coefficient (Wildman–Crippen LogP) is -1.73. The summed E-state index contributed by atoms with van der Waals surface area (Å²) in [6, 6.07) is 0. The summed E-state index contributed by atoms with van der Waals surface area (Å²) in [6.45, 7) is 0. The first kappa shape index (κ1) is 16.8. The molecule has 0 radical (unpaired) electrons. The van der Waals surface area contributed by atoms with E-state index in [2.05, 4.69) is 35.6 Å². The molecule has 0 saturated heterocycles. The van der Waals surface area contributed by atoms with E-state index in [1.165, 1.54) is 0 Å². The molecule has 0 aromatic heterocycles. The molecule has 0 fully saturated rings. The van der Waals surface area contributed by atoms with Gasteiger partial charge in [-0.25, -0.2) is 4.79 Å². The normalized spacial score (nSPS) is 6.08. The van der Waals surface area contributed by atoms with E-state index >= 15 is 0 Å². The number of carboxylic acid groups (broad SMARTS) is 1. The molecule has 9 heteroatoms. The Morgan fingerprint density at radius 3 is 1.08 bits per heavy atom. The van der Waals surface area contributed by atoms with Crippen LogP contribution in [0.3, 0.4) is 0 Å². The molecular formula is C3H12N6O2S. The zero-order valence-electron chi connectivity index (χ0n) is 6.11. The highest BCUT2D eigenvalue weighted by Gasteiger charge is 1.67. The fraction of sp³-hybridized carbons (Fsp3) is 0. The minimum Gasteiger partial charge on any atom is -0.473 e. The van der Waals surface area contributed by atoms with Gasteiger partial charge in [0.2, 0.25) is 0 Å². The van der Waals surface area contributed by atoms with Crippen LogP contribution in [-0.4, -0.2) is 22.3 Å². The summed E-state index contributed by atoms with van der Waals surface area (Å²) in [5.74, 6) is -0.667. The summed E-state index contributed by atoms with van der Waals surface area (Å²) < 4.78 is 0. The Bertz CT molecular complexity index is 118. The number of thiol groups is 1. The van der Waals surface area contributed by atoms with Gasteiger partial charge in [0.1, 0.15) is 0 Å². The van der Waals surface area contributed by atoms with Crippen LogP contribution in [0.5, 0.6) is 0 Å². The molecule has 0 bridgehead atoms. The Balaban J connectivity index is -0.000000101. The quantitative estimate of drug-likeness (QED) is 0.129. The van der Waals surface area contributed by atoms with Gasteiger partial charge in [-0.3, -0.25) is 10.8 Å². The van der Waals surface area contributed by atoms with Crippen LogP contribution >= 0.6 is 12.6 Å². The van der Waals surface area contributed by atoms with Crippen molar-refractivity contribution in [2.75, 3.05) is 0 Å². The molecule has 0 unspecified atom stereocenters. The fourth-order valence-electron chi connectivity index (χ4n) is 0. The molecule has 11 N–H and O–H groups in total. The SMILES string of the molecule is N=C(N)N.N=C(N)N.O=C(O)S. The second kappa shape index (κ2) is 12.1. The van der Waals surface area contributed by atoms with Crippen molar-refractivity contribution in [2.45, 2.75) is 0 Å². The van der Waals surface area contributed by atoms with Crippen LogP contribution in [0.15, 0.2) is 0 Å². The Morgan fingerprint density at radius 2 is 1.08 bits per heavy atom. The number of rotatable bonds is 0. The minimum absolute atomic E-state index is 0.333. The molecule has 12 heavy (non-hydrogen) atoms. The summed E-state index contributed by atoms with van der Waals surface area (Å²) in [7, 11) is 0. The number of hydrogen-bond acceptors (Lipinski definition) is 3. The molecule has 0 amide bonds. The molecule has 0 aliphatic carbocycles. The van der Waals surface area contributed by atoms with E-state index in [0.717, 1.165) is 0 Å². The third-order valence-corrected chi connectivity index (χ3v) is 0. The van der Waals surface area contributed by atoms with Crippen LogP contribution in [0, 0.1) is 10.8 Å². The largest absolute Gasteiger partial charge is 0.473 e. The van der Waals surface area contributed by atoms with Crippen molar-refractivity contribution in [3.8, 4) is 0 Å². The van der Waals surface area contributed by atoms with Crippen molar-refractivity contribution in [3.63, 3.8) is 0 Å². The molecule has 0 saturated carbocycles. The Labute approximate surface area is 74.3 Å². The average Bonchev–Trinajstić information content (AvgIpc) is 1.54. The number of guanidine groups is 2. The van der Waals surface area contributed by atoms with Crippen molar-refractivity contribution in [1.82, 2.24) is 0 Å². The first-order valence-corrected chi connectivity index (χ1v) is 2.75. The van der Waals surface area contributed by atoms with Gasteiger partial charge in [-0.15, -0.1) is 0 Å². The van der Waals surface area contributed by atoms with Gasteiger partial charge < -0.3 is 28.0 Å². The van der Waals surface area contributed by atoms with Crippen molar-refractivity contribution in [2.24, 2.45) is 22.9 Å². The lowest BCUT2D eigenvalue weighted by molar-refractivity contribution is 0.222. The molecule has 0 aromatic carbocycles. The standard InChI is InChI=1S/2CH5N3.CH2O2S/c3*2-1(3)4/h2*(H5,2,3,4);4H,(H,2,3). The molecule has 0 aliphatic rings. The van der Waals surface area contributed by atoms with Gasteiger partial charge >= 0.3 is 5.30 Å². The first-order valence-electron chi connectivity index (χ1n) is 2.31. The lowest BCUT2D eigenvalue weighted by Gasteiger charge is -1.69. The van der Waals surface area contributed by atoms with Gasteiger partial charge in [-0.2, -0.15) is 0 Å². The molecule has 0 aromatic rings. The number of nitrogens with two attached hydrogens (primary N) is 4. The van der Waals surface area contributed by atoms with Crippen molar-refractivity contribution in [1.29, 1.82) is 10.8 Å². The highest BCUT2D eigenvalue weighted by atomic mass is 32.1. The zero-order valence-corrected chi connectivity index (χ0v) is 7.01. The van der Waals surface area contributed by atoms with Crippen molar-refractivity contribution in [3.05, 3.63) is 0 Å². The Hall–Kier alpha value is -1.64. The van der Waals surface area contributed by atoms with E-state index in [9.17, 15) is 0 Å². The van der Waals surface area contributed by atoms with Crippen LogP contribution in [0.25, 0.3) is 0 Å². The fourth-order valence-corrected chi connectivity index (χ4v) is 0. The van der Waals surface area contributed by atoms with E-state index in [0.29, 0.717) is 0 Å². The monoisotopic (exact) mass is 196 g/mol. The molecule has 72 valence electrons. The minimum atomic E-state index is -1.14. The second-order valence-corrected chi connectivity index (χ2v) is 1.58. The summed E-state index contributed by atoms with van der Waals surface area (Å²) in [4.78, 5) is 8.86. The summed E-state index contributed by atoms with van der Waals surface area (Å²) in [6.07, 6.45) is 0. The number of hydrogen-bond donors (Lipinski definition) is 8. The number of nitrogens with one attached hydrogen (secondary N) is 2. The van der Waals surface area contributed by atoms with E-state index < -0.39 is 5.30 Å². The molecular weight excluding hydrogens is 184 g/mol.